The highest BCUT2D eigenvalue weighted by Gasteiger charge is 2.12. The normalized spacial score (nSPS) is 10.2. The van der Waals surface area contributed by atoms with Crippen LogP contribution >= 0.6 is 0 Å². The Hall–Kier alpha value is -3.13. The van der Waals surface area contributed by atoms with Gasteiger partial charge in [0.15, 0.2) is 11.5 Å². The molecule has 0 spiro atoms. The number of methoxy groups -OCH3 is 3. The van der Waals surface area contributed by atoms with Crippen molar-refractivity contribution in [3.8, 4) is 11.5 Å². The van der Waals surface area contributed by atoms with Gasteiger partial charge in [0.25, 0.3) is 11.8 Å². The lowest BCUT2D eigenvalue weighted by Gasteiger charge is -2.10. The van der Waals surface area contributed by atoms with Gasteiger partial charge in [-0.05, 0) is 36.2 Å². The SMILES string of the molecule is COCCNC(=O)c1cccc(C(=O)NCCc2ccc(OC)c(OC)c2)n1. The van der Waals surface area contributed by atoms with E-state index in [-0.39, 0.29) is 23.2 Å². The largest absolute Gasteiger partial charge is 0.493 e. The molecule has 0 saturated heterocycles. The fourth-order valence-corrected chi connectivity index (χ4v) is 2.49. The maximum Gasteiger partial charge on any atom is 0.269 e. The zero-order chi connectivity index (χ0) is 20.4. The van der Waals surface area contributed by atoms with Crippen molar-refractivity contribution in [2.24, 2.45) is 0 Å². The zero-order valence-corrected chi connectivity index (χ0v) is 16.3. The molecule has 1 aromatic heterocycles. The second-order valence-corrected chi connectivity index (χ2v) is 5.85. The summed E-state index contributed by atoms with van der Waals surface area (Å²) < 4.78 is 15.4. The highest BCUT2D eigenvalue weighted by atomic mass is 16.5. The van der Waals surface area contributed by atoms with Crippen LogP contribution in [0.1, 0.15) is 26.5 Å². The van der Waals surface area contributed by atoms with E-state index >= 15 is 0 Å². The van der Waals surface area contributed by atoms with Gasteiger partial charge in [0, 0.05) is 20.2 Å². The van der Waals surface area contributed by atoms with Crippen molar-refractivity contribution in [1.82, 2.24) is 15.6 Å². The van der Waals surface area contributed by atoms with Crippen LogP contribution in [-0.4, -0.2) is 57.8 Å². The minimum absolute atomic E-state index is 0.184. The lowest BCUT2D eigenvalue weighted by molar-refractivity contribution is 0.0931. The van der Waals surface area contributed by atoms with Gasteiger partial charge in [0.1, 0.15) is 11.4 Å². The molecule has 1 heterocycles. The Bertz CT molecular complexity index is 810. The molecule has 0 aliphatic heterocycles. The number of benzene rings is 1. The zero-order valence-electron chi connectivity index (χ0n) is 16.3. The topological polar surface area (TPSA) is 98.8 Å². The van der Waals surface area contributed by atoms with E-state index in [1.165, 1.54) is 0 Å². The van der Waals surface area contributed by atoms with E-state index in [1.807, 2.05) is 18.2 Å². The van der Waals surface area contributed by atoms with Crippen LogP contribution in [0.25, 0.3) is 0 Å². The average Bonchev–Trinajstić information content (AvgIpc) is 2.73. The maximum absolute atomic E-state index is 12.3. The molecule has 2 rings (SSSR count). The van der Waals surface area contributed by atoms with Crippen LogP contribution in [0.5, 0.6) is 11.5 Å². The van der Waals surface area contributed by atoms with Crippen molar-refractivity contribution in [2.45, 2.75) is 6.42 Å². The standard InChI is InChI=1S/C20H25N3O5/c1-26-12-11-22-20(25)16-6-4-5-15(23-16)19(24)21-10-9-14-7-8-17(27-2)18(13-14)28-3/h4-8,13H,9-12H2,1-3H3,(H,21,24)(H,22,25). The summed E-state index contributed by atoms with van der Waals surface area (Å²) in [5.41, 5.74) is 1.37. The van der Waals surface area contributed by atoms with E-state index in [0.29, 0.717) is 37.6 Å². The summed E-state index contributed by atoms with van der Waals surface area (Å²) in [5, 5.41) is 5.48. The number of aromatic nitrogens is 1. The number of rotatable bonds is 10. The molecular formula is C20H25N3O5. The molecule has 2 amide bonds. The summed E-state index contributed by atoms with van der Waals surface area (Å²) in [7, 11) is 4.71. The van der Waals surface area contributed by atoms with Gasteiger partial charge in [-0.3, -0.25) is 9.59 Å². The number of carbonyl (C=O) groups is 2. The molecule has 0 radical (unpaired) electrons. The highest BCUT2D eigenvalue weighted by molar-refractivity contribution is 5.96. The van der Waals surface area contributed by atoms with Gasteiger partial charge in [0.2, 0.25) is 0 Å². The van der Waals surface area contributed by atoms with Gasteiger partial charge >= 0.3 is 0 Å². The third-order valence-corrected chi connectivity index (χ3v) is 3.95. The molecule has 0 aliphatic carbocycles. The lowest BCUT2D eigenvalue weighted by Crippen LogP contribution is -2.30. The minimum atomic E-state index is -0.350. The molecule has 150 valence electrons. The number of pyridine rings is 1. The first-order valence-corrected chi connectivity index (χ1v) is 8.82. The first kappa shape index (κ1) is 21.2. The van der Waals surface area contributed by atoms with Crippen molar-refractivity contribution >= 4 is 11.8 Å². The van der Waals surface area contributed by atoms with E-state index in [4.69, 9.17) is 14.2 Å². The fraction of sp³-hybridized carbons (Fsp3) is 0.350. The van der Waals surface area contributed by atoms with Crippen molar-refractivity contribution in [3.05, 3.63) is 53.3 Å². The molecule has 0 bridgehead atoms. The smallest absolute Gasteiger partial charge is 0.269 e. The molecule has 2 aromatic rings. The molecule has 28 heavy (non-hydrogen) atoms. The van der Waals surface area contributed by atoms with Crippen LogP contribution in [0, 0.1) is 0 Å². The Morgan fingerprint density at radius 3 is 2.14 bits per heavy atom. The van der Waals surface area contributed by atoms with Crippen molar-refractivity contribution < 1.29 is 23.8 Å². The fourth-order valence-electron chi connectivity index (χ4n) is 2.49. The number of nitrogens with zero attached hydrogens (tertiary/aromatic N) is 1. The number of carbonyl (C=O) groups excluding carboxylic acids is 2. The van der Waals surface area contributed by atoms with E-state index in [1.54, 1.807) is 39.5 Å². The molecular weight excluding hydrogens is 362 g/mol. The highest BCUT2D eigenvalue weighted by Crippen LogP contribution is 2.27. The quantitative estimate of drug-likeness (QED) is 0.599. The average molecular weight is 387 g/mol. The van der Waals surface area contributed by atoms with Crippen molar-refractivity contribution in [1.29, 1.82) is 0 Å². The summed E-state index contributed by atoms with van der Waals surface area (Å²) >= 11 is 0. The molecule has 0 saturated carbocycles. The monoisotopic (exact) mass is 387 g/mol. The molecule has 8 heteroatoms. The van der Waals surface area contributed by atoms with Crippen LogP contribution in [0.3, 0.4) is 0 Å². The van der Waals surface area contributed by atoms with E-state index in [9.17, 15) is 9.59 Å². The first-order valence-electron chi connectivity index (χ1n) is 8.82. The summed E-state index contributed by atoms with van der Waals surface area (Å²) in [6.45, 7) is 1.20. The molecule has 0 unspecified atom stereocenters. The Morgan fingerprint density at radius 1 is 0.893 bits per heavy atom. The summed E-state index contributed by atoms with van der Waals surface area (Å²) in [6, 6.07) is 10.4. The van der Waals surface area contributed by atoms with Gasteiger partial charge < -0.3 is 24.8 Å². The van der Waals surface area contributed by atoms with Gasteiger partial charge in [-0.1, -0.05) is 12.1 Å². The second-order valence-electron chi connectivity index (χ2n) is 5.85. The van der Waals surface area contributed by atoms with Crippen molar-refractivity contribution in [3.63, 3.8) is 0 Å². The first-order chi connectivity index (χ1) is 13.6. The minimum Gasteiger partial charge on any atom is -0.493 e. The van der Waals surface area contributed by atoms with E-state index in [0.717, 1.165) is 5.56 Å². The predicted octanol–water partition coefficient (Wildman–Crippen LogP) is 1.45. The molecule has 1 aromatic carbocycles. The Labute approximate surface area is 164 Å². The van der Waals surface area contributed by atoms with Crippen molar-refractivity contribution in [2.75, 3.05) is 41.0 Å². The van der Waals surface area contributed by atoms with Crippen LogP contribution in [-0.2, 0) is 11.2 Å². The Kier molecular flexibility index (Phi) is 8.23. The summed E-state index contributed by atoms with van der Waals surface area (Å²) in [6.07, 6.45) is 0.614. The molecule has 8 nitrogen and oxygen atoms in total. The number of nitrogens with one attached hydrogen (secondary N) is 2. The molecule has 0 fully saturated rings. The third kappa shape index (κ3) is 5.95. The maximum atomic E-state index is 12.3. The Balaban J connectivity index is 1.91. The second kappa shape index (κ2) is 10.9. The van der Waals surface area contributed by atoms with Crippen LogP contribution in [0.4, 0.5) is 0 Å². The third-order valence-electron chi connectivity index (χ3n) is 3.95. The molecule has 0 atom stereocenters. The van der Waals surface area contributed by atoms with Gasteiger partial charge in [-0.15, -0.1) is 0 Å². The number of hydrogen-bond donors (Lipinski definition) is 2. The van der Waals surface area contributed by atoms with Gasteiger partial charge in [0.05, 0.1) is 20.8 Å². The summed E-state index contributed by atoms with van der Waals surface area (Å²) in [5.74, 6) is 0.601. The lowest BCUT2D eigenvalue weighted by atomic mass is 10.1. The van der Waals surface area contributed by atoms with Crippen LogP contribution < -0.4 is 20.1 Å². The van der Waals surface area contributed by atoms with Gasteiger partial charge in [-0.25, -0.2) is 4.98 Å². The van der Waals surface area contributed by atoms with Crippen LogP contribution in [0.2, 0.25) is 0 Å². The molecule has 2 N–H and O–H groups in total. The summed E-state index contributed by atoms with van der Waals surface area (Å²) in [4.78, 5) is 28.5. The van der Waals surface area contributed by atoms with E-state index < -0.39 is 0 Å². The van der Waals surface area contributed by atoms with E-state index in [2.05, 4.69) is 15.6 Å². The van der Waals surface area contributed by atoms with Gasteiger partial charge in [-0.2, -0.15) is 0 Å². The predicted molar refractivity (Wildman–Crippen MR) is 104 cm³/mol. The number of amides is 2. The molecule has 0 aliphatic rings. The Morgan fingerprint density at radius 2 is 1.54 bits per heavy atom. The number of hydrogen-bond acceptors (Lipinski definition) is 6. The van der Waals surface area contributed by atoms with Crippen LogP contribution in [0.15, 0.2) is 36.4 Å². The number of ether oxygens (including phenoxy) is 3.